The number of hydrogen-bond donors (Lipinski definition) is 1. The first-order valence-corrected chi connectivity index (χ1v) is 7.66. The lowest BCUT2D eigenvalue weighted by Gasteiger charge is -2.47. The van der Waals surface area contributed by atoms with E-state index in [1.54, 1.807) is 7.11 Å². The second-order valence-corrected chi connectivity index (χ2v) is 6.33. The lowest BCUT2D eigenvalue weighted by molar-refractivity contribution is -0.0750. The molecule has 1 N–H and O–H groups in total. The van der Waals surface area contributed by atoms with E-state index < -0.39 is 11.7 Å². The number of ether oxygens (including phenoxy) is 2. The van der Waals surface area contributed by atoms with Gasteiger partial charge in [-0.2, -0.15) is 0 Å². The van der Waals surface area contributed by atoms with Gasteiger partial charge in [-0.05, 0) is 46.0 Å². The monoisotopic (exact) mass is 293 g/mol. The van der Waals surface area contributed by atoms with Crippen LogP contribution in [0.3, 0.4) is 0 Å². The van der Waals surface area contributed by atoms with E-state index in [4.69, 9.17) is 9.47 Å². The molecule has 0 spiro atoms. The van der Waals surface area contributed by atoms with Crippen molar-refractivity contribution < 1.29 is 14.6 Å². The summed E-state index contributed by atoms with van der Waals surface area (Å²) in [4.78, 5) is 2.21. The van der Waals surface area contributed by atoms with Gasteiger partial charge in [-0.1, -0.05) is 13.3 Å². The van der Waals surface area contributed by atoms with E-state index >= 15 is 0 Å². The van der Waals surface area contributed by atoms with Crippen molar-refractivity contribution >= 4 is 0 Å². The summed E-state index contributed by atoms with van der Waals surface area (Å²) in [6, 6.07) is 5.55. The van der Waals surface area contributed by atoms with E-state index in [0.29, 0.717) is 5.75 Å². The van der Waals surface area contributed by atoms with Crippen LogP contribution in [0.25, 0.3) is 0 Å². The van der Waals surface area contributed by atoms with Gasteiger partial charge in [-0.3, -0.25) is 4.90 Å². The standard InChI is InChI=1S/C17H27NO3/c1-6-7-10-18(4)16-15(19)13-9-8-12(20-5)11-14(13)21-17(16,2)3/h8-9,11,15-16,19H,6-7,10H2,1-5H3. The Balaban J connectivity index is 2.32. The van der Waals surface area contributed by atoms with E-state index in [0.717, 1.165) is 30.7 Å². The van der Waals surface area contributed by atoms with Gasteiger partial charge in [0.05, 0.1) is 13.2 Å². The molecule has 2 atom stereocenters. The van der Waals surface area contributed by atoms with Crippen molar-refractivity contribution in [3.8, 4) is 11.5 Å². The Morgan fingerprint density at radius 2 is 2.10 bits per heavy atom. The smallest absolute Gasteiger partial charge is 0.129 e. The summed E-state index contributed by atoms with van der Waals surface area (Å²) in [5.74, 6) is 1.46. The van der Waals surface area contributed by atoms with Crippen LogP contribution in [-0.4, -0.2) is 42.4 Å². The normalized spacial score (nSPS) is 23.6. The van der Waals surface area contributed by atoms with Crippen LogP contribution >= 0.6 is 0 Å². The minimum absolute atomic E-state index is 0.0649. The zero-order valence-corrected chi connectivity index (χ0v) is 13.7. The Bertz CT molecular complexity index is 487. The molecule has 4 heteroatoms. The van der Waals surface area contributed by atoms with Crippen molar-refractivity contribution in [3.05, 3.63) is 23.8 Å². The fourth-order valence-electron chi connectivity index (χ4n) is 3.19. The molecule has 0 saturated carbocycles. The molecule has 118 valence electrons. The number of aliphatic hydroxyl groups excluding tert-OH is 1. The van der Waals surface area contributed by atoms with Crippen LogP contribution in [0.1, 0.15) is 45.3 Å². The molecule has 0 fully saturated rings. The molecular formula is C17H27NO3. The number of rotatable bonds is 5. The highest BCUT2D eigenvalue weighted by Crippen LogP contribution is 2.43. The van der Waals surface area contributed by atoms with Gasteiger partial charge in [0, 0.05) is 11.6 Å². The fourth-order valence-corrected chi connectivity index (χ4v) is 3.19. The highest BCUT2D eigenvalue weighted by molar-refractivity contribution is 5.45. The lowest BCUT2D eigenvalue weighted by Crippen LogP contribution is -2.57. The third kappa shape index (κ3) is 3.16. The highest BCUT2D eigenvalue weighted by Gasteiger charge is 2.45. The summed E-state index contributed by atoms with van der Waals surface area (Å²) >= 11 is 0. The van der Waals surface area contributed by atoms with Crippen LogP contribution in [0.4, 0.5) is 0 Å². The summed E-state index contributed by atoms with van der Waals surface area (Å²) in [6.07, 6.45) is 1.70. The van der Waals surface area contributed by atoms with Gasteiger partial charge in [0.1, 0.15) is 23.2 Å². The molecule has 0 radical (unpaired) electrons. The van der Waals surface area contributed by atoms with Crippen molar-refractivity contribution in [1.82, 2.24) is 4.90 Å². The molecule has 1 heterocycles. The molecule has 1 aromatic rings. The molecule has 0 aliphatic carbocycles. The minimum Gasteiger partial charge on any atom is -0.497 e. The largest absolute Gasteiger partial charge is 0.497 e. The van der Waals surface area contributed by atoms with E-state index in [1.165, 1.54) is 0 Å². The van der Waals surface area contributed by atoms with Crippen molar-refractivity contribution in [1.29, 1.82) is 0 Å². The van der Waals surface area contributed by atoms with Crippen LogP contribution < -0.4 is 9.47 Å². The molecule has 1 aliphatic heterocycles. The van der Waals surface area contributed by atoms with Gasteiger partial charge in [0.15, 0.2) is 0 Å². The molecular weight excluding hydrogens is 266 g/mol. The van der Waals surface area contributed by atoms with Crippen molar-refractivity contribution in [2.45, 2.75) is 51.4 Å². The number of nitrogens with zero attached hydrogens (tertiary/aromatic N) is 1. The zero-order valence-electron chi connectivity index (χ0n) is 13.7. The molecule has 1 aromatic carbocycles. The van der Waals surface area contributed by atoms with Crippen molar-refractivity contribution in [2.24, 2.45) is 0 Å². The molecule has 0 aromatic heterocycles. The van der Waals surface area contributed by atoms with Gasteiger partial charge < -0.3 is 14.6 Å². The molecule has 2 unspecified atom stereocenters. The molecule has 21 heavy (non-hydrogen) atoms. The third-order valence-electron chi connectivity index (χ3n) is 4.26. The summed E-state index contributed by atoms with van der Waals surface area (Å²) in [5.41, 5.74) is 0.379. The highest BCUT2D eigenvalue weighted by atomic mass is 16.5. The Labute approximate surface area is 127 Å². The second-order valence-electron chi connectivity index (χ2n) is 6.33. The Kier molecular flexibility index (Phi) is 4.79. The van der Waals surface area contributed by atoms with E-state index in [9.17, 15) is 5.11 Å². The Morgan fingerprint density at radius 3 is 2.71 bits per heavy atom. The zero-order chi connectivity index (χ0) is 15.6. The molecule has 4 nitrogen and oxygen atoms in total. The molecule has 0 amide bonds. The van der Waals surface area contributed by atoms with Gasteiger partial charge in [0.25, 0.3) is 0 Å². The Hall–Kier alpha value is -1.26. The fraction of sp³-hybridized carbons (Fsp3) is 0.647. The number of hydrogen-bond acceptors (Lipinski definition) is 4. The predicted molar refractivity (Wildman–Crippen MR) is 84.0 cm³/mol. The molecule has 0 bridgehead atoms. The SMILES string of the molecule is CCCCN(C)C1C(O)c2ccc(OC)cc2OC1(C)C. The maximum atomic E-state index is 10.8. The maximum absolute atomic E-state index is 10.8. The topological polar surface area (TPSA) is 41.9 Å². The number of methoxy groups -OCH3 is 1. The molecule has 1 aliphatic rings. The van der Waals surface area contributed by atoms with Gasteiger partial charge in [-0.15, -0.1) is 0 Å². The number of aliphatic hydroxyl groups is 1. The first-order valence-electron chi connectivity index (χ1n) is 7.66. The maximum Gasteiger partial charge on any atom is 0.129 e. The second kappa shape index (κ2) is 6.24. The van der Waals surface area contributed by atoms with Crippen LogP contribution in [0.2, 0.25) is 0 Å². The van der Waals surface area contributed by atoms with Gasteiger partial charge in [0.2, 0.25) is 0 Å². The third-order valence-corrected chi connectivity index (χ3v) is 4.26. The predicted octanol–water partition coefficient (Wildman–Crippen LogP) is 3.00. The van der Waals surface area contributed by atoms with E-state index in [1.807, 2.05) is 32.0 Å². The molecule has 2 rings (SSSR count). The minimum atomic E-state index is -0.559. The van der Waals surface area contributed by atoms with Crippen molar-refractivity contribution in [3.63, 3.8) is 0 Å². The van der Waals surface area contributed by atoms with Gasteiger partial charge >= 0.3 is 0 Å². The first-order chi connectivity index (χ1) is 9.90. The first kappa shape index (κ1) is 16.1. The summed E-state index contributed by atoms with van der Waals surface area (Å²) in [6.45, 7) is 7.20. The quantitative estimate of drug-likeness (QED) is 0.906. The summed E-state index contributed by atoms with van der Waals surface area (Å²) < 4.78 is 11.4. The number of fused-ring (bicyclic) bond motifs is 1. The average molecular weight is 293 g/mol. The molecule has 0 saturated heterocycles. The Morgan fingerprint density at radius 1 is 1.38 bits per heavy atom. The lowest BCUT2D eigenvalue weighted by atomic mass is 9.85. The number of benzene rings is 1. The van der Waals surface area contributed by atoms with E-state index in [2.05, 4.69) is 18.9 Å². The van der Waals surface area contributed by atoms with Crippen LogP contribution in [-0.2, 0) is 0 Å². The summed E-state index contributed by atoms with van der Waals surface area (Å²) in [5, 5.41) is 10.8. The van der Waals surface area contributed by atoms with Crippen molar-refractivity contribution in [2.75, 3.05) is 20.7 Å². The van der Waals surface area contributed by atoms with Crippen LogP contribution in [0.15, 0.2) is 18.2 Å². The van der Waals surface area contributed by atoms with Gasteiger partial charge in [-0.25, -0.2) is 0 Å². The summed E-state index contributed by atoms with van der Waals surface area (Å²) in [7, 11) is 3.69. The number of likely N-dealkylation sites (N-methyl/N-ethyl adjacent to an activating group) is 1. The van der Waals surface area contributed by atoms with E-state index in [-0.39, 0.29) is 6.04 Å². The van der Waals surface area contributed by atoms with Crippen LogP contribution in [0.5, 0.6) is 11.5 Å². The van der Waals surface area contributed by atoms with Crippen LogP contribution in [0, 0.1) is 0 Å². The number of unbranched alkanes of at least 4 members (excludes halogenated alkanes) is 1. The average Bonchev–Trinajstić information content (AvgIpc) is 2.43.